The molecule has 11 heteroatoms. The number of carboxylic acid groups (broad SMARTS) is 1. The summed E-state index contributed by atoms with van der Waals surface area (Å²) in [5, 5.41) is 15.7. The average molecular weight is 433 g/mol. The fourth-order valence-electron chi connectivity index (χ4n) is 3.28. The van der Waals surface area contributed by atoms with Gasteiger partial charge < -0.3 is 15.7 Å². The van der Waals surface area contributed by atoms with Gasteiger partial charge in [0.15, 0.2) is 0 Å². The van der Waals surface area contributed by atoms with E-state index in [0.717, 1.165) is 44.6 Å². The fourth-order valence-corrected chi connectivity index (χ4v) is 3.28. The van der Waals surface area contributed by atoms with Crippen LogP contribution in [-0.4, -0.2) is 62.2 Å². The zero-order chi connectivity index (χ0) is 22.5. The van der Waals surface area contributed by atoms with E-state index in [9.17, 15) is 18.0 Å². The zero-order valence-electron chi connectivity index (χ0n) is 17.3. The van der Waals surface area contributed by atoms with Crippen molar-refractivity contribution in [2.24, 2.45) is 17.6 Å². The van der Waals surface area contributed by atoms with Gasteiger partial charge in [0.05, 0.1) is 11.7 Å². The quantitative estimate of drug-likeness (QED) is 0.712. The van der Waals surface area contributed by atoms with Gasteiger partial charge in [-0.05, 0) is 37.5 Å². The van der Waals surface area contributed by atoms with Crippen LogP contribution < -0.4 is 5.73 Å². The molecule has 0 aromatic carbocycles. The second-order valence-corrected chi connectivity index (χ2v) is 8.12. The molecule has 1 saturated heterocycles. The van der Waals surface area contributed by atoms with Crippen LogP contribution in [0.5, 0.6) is 0 Å². The molecule has 2 atom stereocenters. The van der Waals surface area contributed by atoms with Gasteiger partial charge in [0.2, 0.25) is 5.91 Å². The third-order valence-electron chi connectivity index (χ3n) is 5.71. The van der Waals surface area contributed by atoms with Crippen LogP contribution in [0.3, 0.4) is 0 Å². The average Bonchev–Trinajstić information content (AvgIpc) is 3.46. The van der Waals surface area contributed by atoms with Crippen LogP contribution in [0, 0.1) is 11.8 Å². The number of hydrogen-bond acceptors (Lipinski definition) is 5. The van der Waals surface area contributed by atoms with Gasteiger partial charge in [-0.15, -0.1) is 5.10 Å². The summed E-state index contributed by atoms with van der Waals surface area (Å²) in [6.45, 7) is 6.68. The van der Waals surface area contributed by atoms with Gasteiger partial charge in [-0.3, -0.25) is 9.48 Å². The van der Waals surface area contributed by atoms with Crippen molar-refractivity contribution in [3.8, 4) is 0 Å². The third-order valence-corrected chi connectivity index (χ3v) is 5.71. The summed E-state index contributed by atoms with van der Waals surface area (Å²) >= 11 is 0. The van der Waals surface area contributed by atoms with E-state index in [1.54, 1.807) is 0 Å². The predicted octanol–water partition coefficient (Wildman–Crippen LogP) is 2.40. The minimum absolute atomic E-state index is 0.120. The molecular weight excluding hydrogens is 403 g/mol. The summed E-state index contributed by atoms with van der Waals surface area (Å²) in [5.41, 5.74) is 7.23. The number of nitrogens with two attached hydrogens (primary N) is 1. The molecule has 1 aromatic rings. The van der Waals surface area contributed by atoms with E-state index in [1.165, 1.54) is 12.8 Å². The first-order valence-corrected chi connectivity index (χ1v) is 10.3. The normalized spacial score (nSPS) is 19.6. The standard InChI is InChI=1S/C17H29N5O.C2HF3O2/c1-3-12(2)16(18)17(23)21-8-6-13(7-9-21)10-22-11-15(19-20-22)14-4-5-14;3-2(4,5)1(6)7/h11-14,16H,3-10,18H2,1-2H3;(H,6,7)/t12-,16-;/m0./s1. The van der Waals surface area contributed by atoms with E-state index in [1.807, 2.05) is 9.58 Å². The number of rotatable bonds is 6. The number of likely N-dealkylation sites (tertiary alicyclic amines) is 1. The van der Waals surface area contributed by atoms with Crippen molar-refractivity contribution in [3.63, 3.8) is 0 Å². The van der Waals surface area contributed by atoms with Gasteiger partial charge in [0, 0.05) is 31.7 Å². The van der Waals surface area contributed by atoms with Gasteiger partial charge in [-0.1, -0.05) is 25.5 Å². The maximum absolute atomic E-state index is 12.4. The molecule has 1 amide bonds. The summed E-state index contributed by atoms with van der Waals surface area (Å²) in [7, 11) is 0. The molecule has 3 N–H and O–H groups in total. The van der Waals surface area contributed by atoms with E-state index in [4.69, 9.17) is 15.6 Å². The van der Waals surface area contributed by atoms with Crippen molar-refractivity contribution in [3.05, 3.63) is 11.9 Å². The Bertz CT molecular complexity index is 713. The van der Waals surface area contributed by atoms with Crippen LogP contribution in [0.2, 0.25) is 0 Å². The molecule has 0 spiro atoms. The van der Waals surface area contributed by atoms with Crippen molar-refractivity contribution in [1.29, 1.82) is 0 Å². The van der Waals surface area contributed by atoms with E-state index in [2.05, 4.69) is 30.4 Å². The Morgan fingerprint density at radius 2 is 1.83 bits per heavy atom. The number of alkyl halides is 3. The molecule has 30 heavy (non-hydrogen) atoms. The topological polar surface area (TPSA) is 114 Å². The minimum Gasteiger partial charge on any atom is -0.475 e. The Labute approximate surface area is 173 Å². The van der Waals surface area contributed by atoms with Crippen LogP contribution in [-0.2, 0) is 16.1 Å². The summed E-state index contributed by atoms with van der Waals surface area (Å²) in [4.78, 5) is 23.3. The summed E-state index contributed by atoms with van der Waals surface area (Å²) in [6.07, 6.45) is 2.54. The molecule has 8 nitrogen and oxygen atoms in total. The van der Waals surface area contributed by atoms with Crippen molar-refractivity contribution < 1.29 is 27.9 Å². The highest BCUT2D eigenvalue weighted by Gasteiger charge is 2.38. The molecule has 1 aliphatic carbocycles. The molecule has 2 heterocycles. The number of hydrogen-bond donors (Lipinski definition) is 2. The lowest BCUT2D eigenvalue weighted by Gasteiger charge is -2.34. The van der Waals surface area contributed by atoms with E-state index in [0.29, 0.717) is 11.8 Å². The van der Waals surface area contributed by atoms with Crippen molar-refractivity contribution in [2.45, 2.75) is 70.6 Å². The molecule has 1 aliphatic heterocycles. The summed E-state index contributed by atoms with van der Waals surface area (Å²) < 4.78 is 33.7. The Hall–Kier alpha value is -2.17. The number of halogens is 3. The van der Waals surface area contributed by atoms with E-state index >= 15 is 0 Å². The lowest BCUT2D eigenvalue weighted by molar-refractivity contribution is -0.192. The van der Waals surface area contributed by atoms with Gasteiger partial charge in [0.1, 0.15) is 0 Å². The van der Waals surface area contributed by atoms with Crippen LogP contribution in [0.4, 0.5) is 13.2 Å². The van der Waals surface area contributed by atoms with Crippen molar-refractivity contribution in [1.82, 2.24) is 19.9 Å². The number of aliphatic carboxylic acids is 1. The molecule has 0 unspecified atom stereocenters. The third kappa shape index (κ3) is 6.96. The second-order valence-electron chi connectivity index (χ2n) is 8.12. The molecule has 3 rings (SSSR count). The molecule has 0 radical (unpaired) electrons. The molecule has 0 bridgehead atoms. The van der Waals surface area contributed by atoms with Gasteiger partial charge in [-0.25, -0.2) is 4.79 Å². The Balaban J connectivity index is 0.000000396. The van der Waals surface area contributed by atoms with Crippen LogP contribution >= 0.6 is 0 Å². The van der Waals surface area contributed by atoms with Crippen LogP contribution in [0.1, 0.15) is 57.6 Å². The van der Waals surface area contributed by atoms with Gasteiger partial charge in [-0.2, -0.15) is 13.2 Å². The molecule has 170 valence electrons. The number of aromatic nitrogens is 3. The van der Waals surface area contributed by atoms with E-state index in [-0.39, 0.29) is 17.9 Å². The minimum atomic E-state index is -5.08. The maximum atomic E-state index is 12.4. The second kappa shape index (κ2) is 10.2. The number of piperidine rings is 1. The number of nitrogens with zero attached hydrogens (tertiary/aromatic N) is 4. The lowest BCUT2D eigenvalue weighted by Crippen LogP contribution is -2.49. The number of amides is 1. The first kappa shape index (κ1) is 24.1. The SMILES string of the molecule is CC[C@H](C)[C@H](N)C(=O)N1CCC(Cn2cc(C3CC3)nn2)CC1.O=C(O)C(F)(F)F. The molecule has 1 aromatic heterocycles. The van der Waals surface area contributed by atoms with Crippen molar-refractivity contribution >= 4 is 11.9 Å². The predicted molar refractivity (Wildman–Crippen MR) is 102 cm³/mol. The fraction of sp³-hybridized carbons (Fsp3) is 0.789. The summed E-state index contributed by atoms with van der Waals surface area (Å²) in [5.74, 6) is -1.16. The zero-order valence-corrected chi connectivity index (χ0v) is 17.3. The highest BCUT2D eigenvalue weighted by atomic mass is 19.4. The smallest absolute Gasteiger partial charge is 0.475 e. The highest BCUT2D eigenvalue weighted by molar-refractivity contribution is 5.82. The maximum Gasteiger partial charge on any atom is 0.490 e. The monoisotopic (exact) mass is 433 g/mol. The number of carboxylic acids is 1. The number of carbonyl (C=O) groups is 2. The van der Waals surface area contributed by atoms with Crippen LogP contribution in [0.15, 0.2) is 6.20 Å². The molecule has 1 saturated carbocycles. The largest absolute Gasteiger partial charge is 0.490 e. The lowest BCUT2D eigenvalue weighted by atomic mass is 9.94. The Kier molecular flexibility index (Phi) is 8.22. The Morgan fingerprint density at radius 1 is 1.27 bits per heavy atom. The van der Waals surface area contributed by atoms with Crippen molar-refractivity contribution in [2.75, 3.05) is 13.1 Å². The van der Waals surface area contributed by atoms with Gasteiger partial charge >= 0.3 is 12.1 Å². The number of carbonyl (C=O) groups excluding carboxylic acids is 1. The highest BCUT2D eigenvalue weighted by Crippen LogP contribution is 2.38. The summed E-state index contributed by atoms with van der Waals surface area (Å²) in [6, 6.07) is -0.354. The molecule has 2 fully saturated rings. The first-order chi connectivity index (χ1) is 14.0. The van der Waals surface area contributed by atoms with E-state index < -0.39 is 12.1 Å². The Morgan fingerprint density at radius 3 is 2.30 bits per heavy atom. The van der Waals surface area contributed by atoms with Gasteiger partial charge in [0.25, 0.3) is 0 Å². The molecule has 2 aliphatic rings. The van der Waals surface area contributed by atoms with Crippen LogP contribution in [0.25, 0.3) is 0 Å². The first-order valence-electron chi connectivity index (χ1n) is 10.3. The molecular formula is C19H30F3N5O3.